The summed E-state index contributed by atoms with van der Waals surface area (Å²) in [4.78, 5) is 12.6. The number of allylic oxidation sites excluding steroid dienone is 9. The molecule has 3 atom stereocenters. The van der Waals surface area contributed by atoms with Crippen LogP contribution in [0.2, 0.25) is 0 Å². The molecule has 4 N–H and O–H groups in total. The molecular formula is C41H73NO6S. The highest BCUT2D eigenvalue weighted by Crippen LogP contribution is 2.12. The molecular weight excluding hydrogens is 635 g/mol. The third kappa shape index (κ3) is 34.2. The summed E-state index contributed by atoms with van der Waals surface area (Å²) in [5, 5.41) is 23.3. The zero-order valence-electron chi connectivity index (χ0n) is 31.2. The van der Waals surface area contributed by atoms with Crippen LogP contribution in [0.3, 0.4) is 0 Å². The topological polar surface area (TPSA) is 124 Å². The minimum absolute atomic E-state index is 0.256. The molecule has 0 heterocycles. The Morgan fingerprint density at radius 3 is 1.51 bits per heavy atom. The summed E-state index contributed by atoms with van der Waals surface area (Å²) in [5.41, 5.74) is 0. The molecule has 0 radical (unpaired) electrons. The van der Waals surface area contributed by atoms with Gasteiger partial charge >= 0.3 is 0 Å². The van der Waals surface area contributed by atoms with Gasteiger partial charge in [0.15, 0.2) is 0 Å². The monoisotopic (exact) mass is 708 g/mol. The average molecular weight is 708 g/mol. The van der Waals surface area contributed by atoms with Crippen molar-refractivity contribution >= 4 is 16.0 Å². The number of rotatable bonds is 34. The summed E-state index contributed by atoms with van der Waals surface area (Å²) in [6.45, 7) is 4.46. The van der Waals surface area contributed by atoms with Crippen LogP contribution in [0, 0.1) is 0 Å². The molecule has 49 heavy (non-hydrogen) atoms. The third-order valence-corrected chi connectivity index (χ3v) is 9.28. The smallest absolute Gasteiger partial charge is 0.267 e. The van der Waals surface area contributed by atoms with E-state index < -0.39 is 40.0 Å². The molecule has 0 saturated carbocycles. The number of aliphatic hydroxyl groups excluding tert-OH is 2. The van der Waals surface area contributed by atoms with Crippen molar-refractivity contribution in [1.82, 2.24) is 5.32 Å². The lowest BCUT2D eigenvalue weighted by molar-refractivity contribution is -0.130. The average Bonchev–Trinajstić information content (AvgIpc) is 3.06. The number of hydrogen-bond donors (Lipinski definition) is 4. The van der Waals surface area contributed by atoms with Crippen LogP contribution in [-0.2, 0) is 14.9 Å². The second-order valence-electron chi connectivity index (χ2n) is 13.3. The molecule has 0 bridgehead atoms. The van der Waals surface area contributed by atoms with Gasteiger partial charge in [-0.1, -0.05) is 152 Å². The summed E-state index contributed by atoms with van der Waals surface area (Å²) in [6, 6.07) is -1.26. The van der Waals surface area contributed by atoms with E-state index in [0.29, 0.717) is 12.8 Å². The Morgan fingerprint density at radius 2 is 0.980 bits per heavy atom. The molecule has 3 unspecified atom stereocenters. The maximum Gasteiger partial charge on any atom is 0.267 e. The van der Waals surface area contributed by atoms with Crippen molar-refractivity contribution in [3.63, 3.8) is 0 Å². The minimum Gasteiger partial charge on any atom is -0.387 e. The van der Waals surface area contributed by atoms with Crippen molar-refractivity contribution in [2.45, 2.75) is 186 Å². The second kappa shape index (κ2) is 34.4. The first-order chi connectivity index (χ1) is 23.7. The molecule has 0 spiro atoms. The molecule has 284 valence electrons. The fraction of sp³-hybridized carbons (Fsp3) is 0.732. The standard InChI is InChI=1S/C41H73NO6S/c1-3-5-7-9-11-13-15-17-19-21-23-25-27-29-31-33-35-39(43)38(37-49(46,47)48)42-41(45)40(44)36-34-32-30-28-26-24-22-20-18-16-14-12-10-8-6-4-2/h12,14,17-20,25,27,33,35,38-40,43-44H,3-11,13,15-16,21-24,26,28-32,34,36-37H2,1-2H3,(H,42,45)(H,46,47,48)/b14-12-,19-17+,20-18-,27-25+,35-33+. The van der Waals surface area contributed by atoms with Gasteiger partial charge in [-0.2, -0.15) is 8.42 Å². The van der Waals surface area contributed by atoms with E-state index in [1.165, 1.54) is 70.3 Å². The lowest BCUT2D eigenvalue weighted by Crippen LogP contribution is -2.50. The van der Waals surface area contributed by atoms with Gasteiger partial charge in [0.25, 0.3) is 10.1 Å². The Balaban J connectivity index is 4.19. The van der Waals surface area contributed by atoms with Gasteiger partial charge in [-0.3, -0.25) is 9.35 Å². The van der Waals surface area contributed by atoms with Crippen molar-refractivity contribution < 1.29 is 28.0 Å². The fourth-order valence-electron chi connectivity index (χ4n) is 5.46. The summed E-state index contributed by atoms with van der Waals surface area (Å²) < 4.78 is 32.5. The largest absolute Gasteiger partial charge is 0.387 e. The van der Waals surface area contributed by atoms with Crippen molar-refractivity contribution in [3.8, 4) is 0 Å². The van der Waals surface area contributed by atoms with Gasteiger partial charge in [-0.15, -0.1) is 0 Å². The van der Waals surface area contributed by atoms with Crippen LogP contribution in [0.1, 0.15) is 168 Å². The molecule has 0 aromatic carbocycles. The molecule has 0 aromatic rings. The van der Waals surface area contributed by atoms with Gasteiger partial charge in [0.2, 0.25) is 5.91 Å². The Bertz CT molecular complexity index is 1020. The number of carbonyl (C=O) groups is 1. The first-order valence-corrected chi connectivity index (χ1v) is 21.2. The zero-order valence-corrected chi connectivity index (χ0v) is 32.0. The van der Waals surface area contributed by atoms with E-state index in [1.807, 2.05) is 0 Å². The lowest BCUT2D eigenvalue weighted by atomic mass is 10.0. The highest BCUT2D eigenvalue weighted by Gasteiger charge is 2.27. The maximum absolute atomic E-state index is 12.6. The van der Waals surface area contributed by atoms with E-state index in [4.69, 9.17) is 0 Å². The van der Waals surface area contributed by atoms with Gasteiger partial charge < -0.3 is 15.5 Å². The molecule has 0 aliphatic rings. The van der Waals surface area contributed by atoms with Crippen molar-refractivity contribution in [1.29, 1.82) is 0 Å². The number of hydrogen-bond acceptors (Lipinski definition) is 5. The molecule has 0 rings (SSSR count). The maximum atomic E-state index is 12.6. The van der Waals surface area contributed by atoms with E-state index in [0.717, 1.165) is 70.6 Å². The Morgan fingerprint density at radius 1 is 0.571 bits per heavy atom. The number of nitrogens with one attached hydrogen (secondary N) is 1. The van der Waals surface area contributed by atoms with Crippen LogP contribution in [0.4, 0.5) is 0 Å². The van der Waals surface area contributed by atoms with Crippen LogP contribution in [0.5, 0.6) is 0 Å². The molecule has 8 heteroatoms. The van der Waals surface area contributed by atoms with Crippen LogP contribution in [0.25, 0.3) is 0 Å². The predicted molar refractivity (Wildman–Crippen MR) is 208 cm³/mol. The van der Waals surface area contributed by atoms with E-state index >= 15 is 0 Å². The third-order valence-electron chi connectivity index (χ3n) is 8.50. The first-order valence-electron chi connectivity index (χ1n) is 19.6. The predicted octanol–water partition coefficient (Wildman–Crippen LogP) is 10.3. The summed E-state index contributed by atoms with van der Waals surface area (Å²) in [6.07, 6.45) is 44.1. The Kier molecular flexibility index (Phi) is 33.0. The van der Waals surface area contributed by atoms with Gasteiger partial charge in [0.1, 0.15) is 6.10 Å². The minimum atomic E-state index is -4.46. The van der Waals surface area contributed by atoms with Gasteiger partial charge in [-0.05, 0) is 77.0 Å². The van der Waals surface area contributed by atoms with E-state index in [1.54, 1.807) is 6.08 Å². The molecule has 0 aromatic heterocycles. The van der Waals surface area contributed by atoms with Crippen LogP contribution >= 0.6 is 0 Å². The SMILES string of the molecule is CCCCC/C=C\C/C=C\CCCCCCCCC(O)C(=O)NC(CS(=O)(=O)O)C(O)/C=C/CC/C=C/CC/C=C/CCCCCCCC. The quantitative estimate of drug-likeness (QED) is 0.0300. The van der Waals surface area contributed by atoms with Crippen LogP contribution in [-0.4, -0.2) is 53.1 Å². The highest BCUT2D eigenvalue weighted by molar-refractivity contribution is 7.85. The summed E-state index contributed by atoms with van der Waals surface area (Å²) in [7, 11) is -4.46. The van der Waals surface area contributed by atoms with Crippen molar-refractivity contribution in [3.05, 3.63) is 60.8 Å². The first kappa shape index (κ1) is 47.0. The van der Waals surface area contributed by atoms with Gasteiger partial charge in [-0.25, -0.2) is 0 Å². The fourth-order valence-corrected chi connectivity index (χ4v) is 6.19. The number of aliphatic hydroxyl groups is 2. The lowest BCUT2D eigenvalue weighted by Gasteiger charge is -2.22. The molecule has 1 amide bonds. The van der Waals surface area contributed by atoms with E-state index in [9.17, 15) is 28.0 Å². The molecule has 0 fully saturated rings. The summed E-state index contributed by atoms with van der Waals surface area (Å²) in [5.74, 6) is -1.58. The molecule has 7 nitrogen and oxygen atoms in total. The van der Waals surface area contributed by atoms with E-state index in [-0.39, 0.29) is 6.42 Å². The number of amides is 1. The Labute approximate surface area is 301 Å². The normalized spacial score (nSPS) is 14.6. The van der Waals surface area contributed by atoms with Crippen molar-refractivity contribution in [2.24, 2.45) is 0 Å². The number of unbranched alkanes of at least 4 members (excludes halogenated alkanes) is 17. The molecule has 0 aliphatic heterocycles. The molecule has 0 saturated heterocycles. The van der Waals surface area contributed by atoms with Crippen molar-refractivity contribution in [2.75, 3.05) is 5.75 Å². The van der Waals surface area contributed by atoms with E-state index in [2.05, 4.69) is 67.8 Å². The molecule has 0 aliphatic carbocycles. The highest BCUT2D eigenvalue weighted by atomic mass is 32.2. The van der Waals surface area contributed by atoms with Gasteiger partial charge in [0, 0.05) is 0 Å². The van der Waals surface area contributed by atoms with Crippen LogP contribution < -0.4 is 5.32 Å². The number of carbonyl (C=O) groups excluding carboxylic acids is 1. The second-order valence-corrected chi connectivity index (χ2v) is 14.8. The van der Waals surface area contributed by atoms with Crippen LogP contribution in [0.15, 0.2) is 60.8 Å². The van der Waals surface area contributed by atoms with Gasteiger partial charge in [0.05, 0.1) is 17.9 Å². The Hall–Kier alpha value is -2.00. The summed E-state index contributed by atoms with van der Waals surface area (Å²) >= 11 is 0. The zero-order chi connectivity index (χ0) is 36.3.